The molecule has 7 nitrogen and oxygen atoms in total. The molecule has 0 fully saturated rings. The zero-order valence-corrected chi connectivity index (χ0v) is 14.6. The van der Waals surface area contributed by atoms with E-state index in [1.54, 1.807) is 26.0 Å². The summed E-state index contributed by atoms with van der Waals surface area (Å²) in [7, 11) is -1.66. The Balaban J connectivity index is 3.19. The number of benzene rings is 1. The van der Waals surface area contributed by atoms with E-state index in [2.05, 4.69) is 14.7 Å². The van der Waals surface area contributed by atoms with Gasteiger partial charge in [-0.1, -0.05) is 36.7 Å². The van der Waals surface area contributed by atoms with Crippen LogP contribution in [0.4, 0.5) is 0 Å². The average molecular weight is 343 g/mol. The number of carbonyl (C=O) groups excluding carboxylic acids is 1. The first-order valence-corrected chi connectivity index (χ1v) is 8.33. The third-order valence-corrected chi connectivity index (χ3v) is 4.31. The van der Waals surface area contributed by atoms with E-state index >= 15 is 0 Å². The van der Waals surface area contributed by atoms with Crippen LogP contribution in [-0.4, -0.2) is 40.4 Å². The van der Waals surface area contributed by atoms with Crippen LogP contribution in [0.15, 0.2) is 34.3 Å². The maximum Gasteiger partial charge on any atom is 0.358 e. The molecule has 0 aliphatic rings. The van der Waals surface area contributed by atoms with Crippen molar-refractivity contribution in [1.82, 2.24) is 0 Å². The number of hydrogen-bond donors (Lipinski definition) is 0. The van der Waals surface area contributed by atoms with E-state index in [0.29, 0.717) is 0 Å². The van der Waals surface area contributed by atoms with Gasteiger partial charge in [0.25, 0.3) is 10.1 Å². The van der Waals surface area contributed by atoms with Crippen molar-refractivity contribution < 1.29 is 27.0 Å². The molecule has 8 heteroatoms. The normalized spacial score (nSPS) is 13.7. The lowest BCUT2D eigenvalue weighted by Crippen LogP contribution is -2.38. The van der Waals surface area contributed by atoms with E-state index in [9.17, 15) is 13.2 Å². The number of ether oxygens (including phenoxy) is 1. The summed E-state index contributed by atoms with van der Waals surface area (Å²) in [5.41, 5.74) is 0.668. The van der Waals surface area contributed by atoms with Crippen molar-refractivity contribution in [2.45, 2.75) is 31.8 Å². The van der Waals surface area contributed by atoms with E-state index in [1.807, 2.05) is 6.92 Å². The summed E-state index contributed by atoms with van der Waals surface area (Å²) in [5, 5.41) is 3.56. The van der Waals surface area contributed by atoms with Gasteiger partial charge in [-0.3, -0.25) is 4.18 Å². The predicted molar refractivity (Wildman–Crippen MR) is 84.5 cm³/mol. The number of aryl methyl sites for hydroxylation is 1. The first kappa shape index (κ1) is 19.1. The molecule has 0 aromatic heterocycles. The number of oxime groups is 1. The number of nitrogens with zero attached hydrogens (tertiary/aromatic N) is 1. The largest absolute Gasteiger partial charge is 0.464 e. The smallest absolute Gasteiger partial charge is 0.358 e. The summed E-state index contributed by atoms with van der Waals surface area (Å²) >= 11 is 0. The molecular formula is C15H21NO6S. The van der Waals surface area contributed by atoms with E-state index < -0.39 is 22.2 Å². The number of rotatable bonds is 7. The third-order valence-electron chi connectivity index (χ3n) is 3.00. The van der Waals surface area contributed by atoms with Gasteiger partial charge in [-0.05, 0) is 25.0 Å². The molecule has 0 radical (unpaired) electrons. The molecular weight excluding hydrogens is 322 g/mol. The van der Waals surface area contributed by atoms with E-state index in [0.717, 1.165) is 5.56 Å². The Labute approximate surface area is 136 Å². The average Bonchev–Trinajstić information content (AvgIpc) is 2.50. The highest BCUT2D eigenvalue weighted by molar-refractivity contribution is 7.86. The van der Waals surface area contributed by atoms with Crippen LogP contribution in [-0.2, 0) is 28.7 Å². The van der Waals surface area contributed by atoms with Gasteiger partial charge < -0.3 is 9.57 Å². The van der Waals surface area contributed by atoms with Crippen molar-refractivity contribution in [2.75, 3.05) is 14.2 Å². The Morgan fingerprint density at radius 2 is 1.70 bits per heavy atom. The minimum Gasteiger partial charge on any atom is -0.464 e. The van der Waals surface area contributed by atoms with Crippen molar-refractivity contribution in [3.05, 3.63) is 29.8 Å². The fourth-order valence-corrected chi connectivity index (χ4v) is 2.94. The van der Waals surface area contributed by atoms with Crippen LogP contribution in [0.1, 0.15) is 19.4 Å². The van der Waals surface area contributed by atoms with E-state index in [1.165, 1.54) is 26.4 Å². The van der Waals surface area contributed by atoms with E-state index in [4.69, 9.17) is 4.18 Å². The van der Waals surface area contributed by atoms with Crippen LogP contribution in [0.25, 0.3) is 0 Å². The molecule has 0 bridgehead atoms. The third kappa shape index (κ3) is 5.04. The van der Waals surface area contributed by atoms with Crippen LogP contribution < -0.4 is 0 Å². The monoisotopic (exact) mass is 343 g/mol. The van der Waals surface area contributed by atoms with Gasteiger partial charge in [0.1, 0.15) is 13.2 Å². The Kier molecular flexibility index (Phi) is 6.71. The molecule has 128 valence electrons. The van der Waals surface area contributed by atoms with Crippen molar-refractivity contribution in [3.63, 3.8) is 0 Å². The van der Waals surface area contributed by atoms with Crippen LogP contribution in [0, 0.1) is 12.8 Å². The Hall–Kier alpha value is -1.93. The summed E-state index contributed by atoms with van der Waals surface area (Å²) in [4.78, 5) is 16.4. The first-order chi connectivity index (χ1) is 10.7. The lowest BCUT2D eigenvalue weighted by Gasteiger charge is -2.21. The maximum absolute atomic E-state index is 12.4. The SMILES string of the molecule is CON=C(C(=O)OC)C(OS(=O)(=O)c1ccc(C)cc1)C(C)C. The second-order valence-corrected chi connectivity index (χ2v) is 6.75. The number of hydrogen-bond acceptors (Lipinski definition) is 7. The molecule has 1 unspecified atom stereocenters. The van der Waals surface area contributed by atoms with Crippen LogP contribution in [0.3, 0.4) is 0 Å². The molecule has 1 rings (SSSR count). The maximum atomic E-state index is 12.4. The molecule has 0 heterocycles. The minimum absolute atomic E-state index is 0.00428. The van der Waals surface area contributed by atoms with E-state index in [-0.39, 0.29) is 16.5 Å². The summed E-state index contributed by atoms with van der Waals surface area (Å²) in [6.07, 6.45) is -1.13. The summed E-state index contributed by atoms with van der Waals surface area (Å²) in [6, 6.07) is 6.19. The van der Waals surface area contributed by atoms with Crippen LogP contribution >= 0.6 is 0 Å². The highest BCUT2D eigenvalue weighted by Gasteiger charge is 2.33. The minimum atomic E-state index is -4.07. The second kappa shape index (κ2) is 8.07. The predicted octanol–water partition coefficient (Wildman–Crippen LogP) is 1.90. The molecule has 1 atom stereocenters. The molecule has 1 aromatic rings. The fourth-order valence-electron chi connectivity index (χ4n) is 1.78. The molecule has 0 saturated heterocycles. The molecule has 0 spiro atoms. The van der Waals surface area contributed by atoms with Gasteiger partial charge in [-0.15, -0.1) is 0 Å². The van der Waals surface area contributed by atoms with Crippen molar-refractivity contribution in [1.29, 1.82) is 0 Å². The van der Waals surface area contributed by atoms with Gasteiger partial charge in [0.15, 0.2) is 5.71 Å². The molecule has 0 aliphatic heterocycles. The quantitative estimate of drug-likeness (QED) is 0.325. The van der Waals surface area contributed by atoms with Gasteiger partial charge in [0.05, 0.1) is 12.0 Å². The van der Waals surface area contributed by atoms with Gasteiger partial charge >= 0.3 is 5.97 Å². The van der Waals surface area contributed by atoms with Gasteiger partial charge in [0.2, 0.25) is 0 Å². The topological polar surface area (TPSA) is 91.3 Å². The summed E-state index contributed by atoms with van der Waals surface area (Å²) in [6.45, 7) is 5.24. The van der Waals surface area contributed by atoms with Crippen LogP contribution in [0.2, 0.25) is 0 Å². The first-order valence-electron chi connectivity index (χ1n) is 6.92. The van der Waals surface area contributed by atoms with Crippen molar-refractivity contribution >= 4 is 21.8 Å². The zero-order valence-electron chi connectivity index (χ0n) is 13.8. The number of esters is 1. The fraction of sp³-hybridized carbons (Fsp3) is 0.467. The molecule has 23 heavy (non-hydrogen) atoms. The van der Waals surface area contributed by atoms with Gasteiger partial charge in [-0.2, -0.15) is 8.42 Å². The molecule has 0 amide bonds. The van der Waals surface area contributed by atoms with Crippen molar-refractivity contribution in [3.8, 4) is 0 Å². The van der Waals surface area contributed by atoms with Gasteiger partial charge in [-0.25, -0.2) is 4.79 Å². The molecule has 0 saturated carbocycles. The summed E-state index contributed by atoms with van der Waals surface area (Å²) in [5.74, 6) is -1.17. The van der Waals surface area contributed by atoms with Crippen LogP contribution in [0.5, 0.6) is 0 Å². The zero-order chi connectivity index (χ0) is 17.6. The van der Waals surface area contributed by atoms with Crippen molar-refractivity contribution in [2.24, 2.45) is 11.1 Å². The number of methoxy groups -OCH3 is 1. The number of carbonyl (C=O) groups is 1. The highest BCUT2D eigenvalue weighted by atomic mass is 32.2. The molecule has 0 aliphatic carbocycles. The Morgan fingerprint density at radius 3 is 2.13 bits per heavy atom. The Bertz CT molecular complexity index is 664. The molecule has 1 aromatic carbocycles. The standard InChI is InChI=1S/C15H21NO6S/c1-10(2)14(13(16-21-5)15(17)20-4)22-23(18,19)12-8-6-11(3)7-9-12/h6-10,14H,1-5H3. The lowest BCUT2D eigenvalue weighted by molar-refractivity contribution is -0.133. The summed E-state index contributed by atoms with van der Waals surface area (Å²) < 4.78 is 34.6. The van der Waals surface area contributed by atoms with Gasteiger partial charge in [0, 0.05) is 0 Å². The molecule has 0 N–H and O–H groups in total. The Morgan fingerprint density at radius 1 is 1.13 bits per heavy atom. The second-order valence-electron chi connectivity index (χ2n) is 5.18. The lowest BCUT2D eigenvalue weighted by atomic mass is 10.0. The highest BCUT2D eigenvalue weighted by Crippen LogP contribution is 2.20.